The Morgan fingerprint density at radius 2 is 2.28 bits per heavy atom. The van der Waals surface area contributed by atoms with Gasteiger partial charge >= 0.3 is 6.09 Å². The largest absolute Gasteiger partial charge is 0.444 e. The second kappa shape index (κ2) is 4.96. The predicted molar refractivity (Wildman–Crippen MR) is 64.0 cm³/mol. The molecule has 2 N–H and O–H groups in total. The zero-order chi connectivity index (χ0) is 13.2. The number of primary amides is 1. The Hall–Kier alpha value is -1.59. The van der Waals surface area contributed by atoms with Gasteiger partial charge in [0, 0.05) is 12.3 Å². The molecule has 0 bridgehead atoms. The average molecular weight is 253 g/mol. The van der Waals surface area contributed by atoms with Gasteiger partial charge in [0.05, 0.1) is 0 Å². The van der Waals surface area contributed by atoms with E-state index in [9.17, 15) is 4.79 Å². The van der Waals surface area contributed by atoms with Gasteiger partial charge in [-0.3, -0.25) is 0 Å². The normalized spacial score (nSPS) is 15.7. The lowest BCUT2D eigenvalue weighted by atomic mass is 10.0. The molecule has 0 unspecified atom stereocenters. The number of amides is 1. The molecule has 1 aliphatic carbocycles. The molecule has 6 heteroatoms. The fourth-order valence-corrected chi connectivity index (χ4v) is 1.87. The molecule has 1 aromatic rings. The number of aromatic nitrogens is 2. The van der Waals surface area contributed by atoms with Crippen molar-refractivity contribution in [1.29, 1.82) is 0 Å². The molecule has 1 heterocycles. The Kier molecular flexibility index (Phi) is 3.54. The minimum absolute atomic E-state index is 0.511. The third kappa shape index (κ3) is 3.72. The summed E-state index contributed by atoms with van der Waals surface area (Å²) in [6.07, 6.45) is 3.81. The van der Waals surface area contributed by atoms with E-state index in [0.29, 0.717) is 24.7 Å². The second-order valence-electron chi connectivity index (χ2n) is 5.35. The minimum Gasteiger partial charge on any atom is -0.444 e. The third-order valence-corrected chi connectivity index (χ3v) is 2.97. The van der Waals surface area contributed by atoms with Gasteiger partial charge in [0.2, 0.25) is 5.89 Å². The minimum atomic E-state index is -0.742. The van der Waals surface area contributed by atoms with Gasteiger partial charge in [-0.25, -0.2) is 4.79 Å². The van der Waals surface area contributed by atoms with Crippen LogP contribution < -0.4 is 5.73 Å². The van der Waals surface area contributed by atoms with E-state index < -0.39 is 11.7 Å². The van der Waals surface area contributed by atoms with Gasteiger partial charge in [0.1, 0.15) is 5.60 Å². The highest BCUT2D eigenvalue weighted by Gasteiger charge is 2.28. The number of nitrogens with two attached hydrogens (primary N) is 1. The van der Waals surface area contributed by atoms with E-state index in [1.807, 2.05) is 13.8 Å². The van der Waals surface area contributed by atoms with E-state index in [4.69, 9.17) is 15.0 Å². The number of hydrogen-bond donors (Lipinski definition) is 1. The van der Waals surface area contributed by atoms with Gasteiger partial charge in [-0.1, -0.05) is 5.16 Å². The Morgan fingerprint density at radius 3 is 2.89 bits per heavy atom. The summed E-state index contributed by atoms with van der Waals surface area (Å²) in [6, 6.07) is 0. The smallest absolute Gasteiger partial charge is 0.405 e. The van der Waals surface area contributed by atoms with Crippen LogP contribution >= 0.6 is 0 Å². The van der Waals surface area contributed by atoms with Crippen LogP contribution in [0.4, 0.5) is 4.79 Å². The Bertz CT molecular complexity index is 424. The zero-order valence-electron chi connectivity index (χ0n) is 10.8. The molecule has 1 aromatic heterocycles. The van der Waals surface area contributed by atoms with Crippen molar-refractivity contribution < 1.29 is 14.1 Å². The van der Waals surface area contributed by atoms with E-state index in [1.165, 1.54) is 12.8 Å². The van der Waals surface area contributed by atoms with Crippen molar-refractivity contribution in [2.24, 2.45) is 5.73 Å². The summed E-state index contributed by atoms with van der Waals surface area (Å²) in [6.45, 7) is 3.67. The molecule has 1 amide bonds. The van der Waals surface area contributed by atoms with Crippen LogP contribution in [0.1, 0.15) is 57.2 Å². The standard InChI is InChI=1S/C12H19N3O3/c1-12(2,17-11(13)16)7-3-4-9-14-10(15-18-9)8-5-6-8/h8H,3-7H2,1-2H3,(H2,13,16). The van der Waals surface area contributed by atoms with E-state index in [1.54, 1.807) is 0 Å². The van der Waals surface area contributed by atoms with Gasteiger partial charge in [-0.05, 0) is 39.5 Å². The predicted octanol–water partition coefficient (Wildman–Crippen LogP) is 2.14. The number of ether oxygens (including phenoxy) is 1. The number of nitrogens with zero attached hydrogens (tertiary/aromatic N) is 2. The van der Waals surface area contributed by atoms with Crippen LogP contribution in [0, 0.1) is 0 Å². The van der Waals surface area contributed by atoms with Crippen LogP contribution in [0.15, 0.2) is 4.52 Å². The van der Waals surface area contributed by atoms with Crippen molar-refractivity contribution in [1.82, 2.24) is 10.1 Å². The molecule has 1 saturated carbocycles. The summed E-state index contributed by atoms with van der Waals surface area (Å²) in [5, 5.41) is 3.95. The topological polar surface area (TPSA) is 91.2 Å². The van der Waals surface area contributed by atoms with E-state index in [-0.39, 0.29) is 0 Å². The van der Waals surface area contributed by atoms with Crippen molar-refractivity contribution in [3.8, 4) is 0 Å². The van der Waals surface area contributed by atoms with Crippen LogP contribution in [0.3, 0.4) is 0 Å². The van der Waals surface area contributed by atoms with E-state index >= 15 is 0 Å². The number of rotatable bonds is 6. The second-order valence-corrected chi connectivity index (χ2v) is 5.35. The maximum absolute atomic E-state index is 10.7. The molecule has 0 atom stereocenters. The molecule has 0 aromatic carbocycles. The monoisotopic (exact) mass is 253 g/mol. The summed E-state index contributed by atoms with van der Waals surface area (Å²) in [5.74, 6) is 2.00. The molecule has 18 heavy (non-hydrogen) atoms. The van der Waals surface area contributed by atoms with Crippen LogP contribution in [0.5, 0.6) is 0 Å². The Balaban J connectivity index is 1.75. The molecule has 0 saturated heterocycles. The summed E-state index contributed by atoms with van der Waals surface area (Å²) in [7, 11) is 0. The first-order valence-corrected chi connectivity index (χ1v) is 6.27. The molecular formula is C12H19N3O3. The van der Waals surface area contributed by atoms with Gasteiger partial charge < -0.3 is 15.0 Å². The third-order valence-electron chi connectivity index (χ3n) is 2.97. The lowest BCUT2D eigenvalue weighted by molar-refractivity contribution is 0.0374. The zero-order valence-corrected chi connectivity index (χ0v) is 10.8. The van der Waals surface area contributed by atoms with Crippen molar-refractivity contribution in [3.63, 3.8) is 0 Å². The molecule has 0 aliphatic heterocycles. The van der Waals surface area contributed by atoms with Gasteiger partial charge in [0.25, 0.3) is 0 Å². The maximum Gasteiger partial charge on any atom is 0.405 e. The van der Waals surface area contributed by atoms with Crippen molar-refractivity contribution >= 4 is 6.09 Å². The van der Waals surface area contributed by atoms with Gasteiger partial charge in [-0.2, -0.15) is 4.98 Å². The summed E-state index contributed by atoms with van der Waals surface area (Å²) < 4.78 is 10.2. The maximum atomic E-state index is 10.7. The molecule has 1 aliphatic rings. The lowest BCUT2D eigenvalue weighted by Gasteiger charge is -2.23. The van der Waals surface area contributed by atoms with Gasteiger partial charge in [-0.15, -0.1) is 0 Å². The molecule has 0 spiro atoms. The highest BCUT2D eigenvalue weighted by atomic mass is 16.6. The van der Waals surface area contributed by atoms with Crippen LogP contribution in [0.2, 0.25) is 0 Å². The van der Waals surface area contributed by atoms with Crippen LogP contribution in [-0.2, 0) is 11.2 Å². The van der Waals surface area contributed by atoms with E-state index in [2.05, 4.69) is 10.1 Å². The van der Waals surface area contributed by atoms with E-state index in [0.717, 1.165) is 12.2 Å². The fourth-order valence-electron chi connectivity index (χ4n) is 1.87. The highest BCUT2D eigenvalue weighted by Crippen LogP contribution is 2.38. The first kappa shape index (κ1) is 12.9. The lowest BCUT2D eigenvalue weighted by Crippen LogP contribution is -2.31. The summed E-state index contributed by atoms with van der Waals surface area (Å²) in [4.78, 5) is 15.0. The molecule has 2 rings (SSSR count). The molecule has 6 nitrogen and oxygen atoms in total. The quantitative estimate of drug-likeness (QED) is 0.838. The van der Waals surface area contributed by atoms with Crippen LogP contribution in [0.25, 0.3) is 0 Å². The average Bonchev–Trinajstić information content (AvgIpc) is 2.98. The molecule has 0 radical (unpaired) electrons. The van der Waals surface area contributed by atoms with Gasteiger partial charge in [0.15, 0.2) is 5.82 Å². The Morgan fingerprint density at radius 1 is 1.56 bits per heavy atom. The SMILES string of the molecule is CC(C)(CCCc1nc(C2CC2)no1)OC(N)=O. The number of carbonyl (C=O) groups excluding carboxylic acids is 1. The van der Waals surface area contributed by atoms with Crippen molar-refractivity contribution in [3.05, 3.63) is 11.7 Å². The molecular weight excluding hydrogens is 234 g/mol. The first-order valence-electron chi connectivity index (χ1n) is 6.27. The summed E-state index contributed by atoms with van der Waals surface area (Å²) in [5.41, 5.74) is 4.45. The first-order chi connectivity index (χ1) is 8.46. The number of hydrogen-bond acceptors (Lipinski definition) is 5. The fraction of sp³-hybridized carbons (Fsp3) is 0.750. The van der Waals surface area contributed by atoms with Crippen LogP contribution in [-0.4, -0.2) is 21.8 Å². The molecule has 1 fully saturated rings. The highest BCUT2D eigenvalue weighted by molar-refractivity contribution is 5.65. The number of aryl methyl sites for hydroxylation is 1. The van der Waals surface area contributed by atoms with Crippen molar-refractivity contribution in [2.75, 3.05) is 0 Å². The number of carbonyl (C=O) groups is 1. The molecule has 100 valence electrons. The summed E-state index contributed by atoms with van der Waals surface area (Å²) >= 11 is 0. The van der Waals surface area contributed by atoms with Crippen molar-refractivity contribution in [2.45, 2.75) is 57.5 Å². The Labute approximate surface area is 106 Å².